The number of carbonyl (C=O) groups is 2. The lowest BCUT2D eigenvalue weighted by Gasteiger charge is -2.05. The number of rotatable bonds is 5. The van der Waals surface area contributed by atoms with Crippen molar-refractivity contribution in [1.82, 2.24) is 0 Å². The molecule has 0 saturated heterocycles. The first-order valence-corrected chi connectivity index (χ1v) is 7.58. The van der Waals surface area contributed by atoms with E-state index in [1.54, 1.807) is 0 Å². The van der Waals surface area contributed by atoms with Crippen LogP contribution < -0.4 is 4.74 Å². The van der Waals surface area contributed by atoms with Crippen LogP contribution in [0.1, 0.15) is 11.1 Å². The zero-order chi connectivity index (χ0) is 21.3. The number of hydrogen-bond acceptors (Lipinski definition) is 7. The molecule has 0 radical (unpaired) electrons. The maximum atomic E-state index is 10.2. The summed E-state index contributed by atoms with van der Waals surface area (Å²) >= 11 is 0. The predicted molar refractivity (Wildman–Crippen MR) is 99.4 cm³/mol. The summed E-state index contributed by atoms with van der Waals surface area (Å²) in [6.07, 6.45) is 4.47. The maximum Gasteiger partial charge on any atom is 0.328 e. The Morgan fingerprint density at radius 2 is 1.32 bits per heavy atom. The van der Waals surface area contributed by atoms with Gasteiger partial charge in [0, 0.05) is 12.2 Å². The second kappa shape index (κ2) is 10.1. The Bertz CT molecular complexity index is 914. The lowest BCUT2D eigenvalue weighted by atomic mass is 10.1. The number of phenols is 4. The first kappa shape index (κ1) is 21.9. The van der Waals surface area contributed by atoms with E-state index in [0.29, 0.717) is 11.1 Å². The van der Waals surface area contributed by atoms with Gasteiger partial charge in [-0.15, -0.1) is 0 Å². The van der Waals surface area contributed by atoms with Crippen LogP contribution in [0.25, 0.3) is 12.2 Å². The Kier molecular flexibility index (Phi) is 7.91. The highest BCUT2D eigenvalue weighted by atomic mass is 16.5. The van der Waals surface area contributed by atoms with Crippen molar-refractivity contribution in [2.75, 3.05) is 7.11 Å². The number of phenolic OH excluding ortho intramolecular Hbond substituents is 4. The first-order chi connectivity index (χ1) is 13.1. The molecule has 28 heavy (non-hydrogen) atoms. The highest BCUT2D eigenvalue weighted by molar-refractivity contribution is 5.86. The SMILES string of the molecule is COc1cc(C=CC(=O)O)cc(O)c1O.O=C(O)C=Cc1ccc(O)c(O)c1. The summed E-state index contributed by atoms with van der Waals surface area (Å²) in [5.41, 5.74) is 0.933. The maximum absolute atomic E-state index is 10.2. The van der Waals surface area contributed by atoms with E-state index in [1.165, 1.54) is 49.6 Å². The molecule has 0 aromatic heterocycles. The molecule has 0 spiro atoms. The predicted octanol–water partition coefficient (Wildman–Crippen LogP) is 2.40. The van der Waals surface area contributed by atoms with Crippen LogP contribution in [0.2, 0.25) is 0 Å². The minimum atomic E-state index is -1.10. The van der Waals surface area contributed by atoms with Gasteiger partial charge in [-0.2, -0.15) is 0 Å². The Hall–Kier alpha value is -4.14. The molecule has 6 N–H and O–H groups in total. The second-order valence-corrected chi connectivity index (χ2v) is 5.18. The number of aromatic hydroxyl groups is 4. The largest absolute Gasteiger partial charge is 0.504 e. The lowest BCUT2D eigenvalue weighted by molar-refractivity contribution is -0.132. The number of aliphatic carboxylic acids is 2. The van der Waals surface area contributed by atoms with E-state index < -0.39 is 11.9 Å². The van der Waals surface area contributed by atoms with Crippen molar-refractivity contribution in [3.8, 4) is 28.7 Å². The van der Waals surface area contributed by atoms with Crippen LogP contribution in [-0.2, 0) is 9.59 Å². The van der Waals surface area contributed by atoms with Crippen molar-refractivity contribution in [1.29, 1.82) is 0 Å². The van der Waals surface area contributed by atoms with Crippen LogP contribution in [0.4, 0.5) is 0 Å². The Morgan fingerprint density at radius 1 is 0.786 bits per heavy atom. The van der Waals surface area contributed by atoms with Gasteiger partial charge in [-0.3, -0.25) is 0 Å². The number of benzene rings is 2. The monoisotopic (exact) mass is 390 g/mol. The van der Waals surface area contributed by atoms with E-state index in [9.17, 15) is 19.8 Å². The van der Waals surface area contributed by atoms with E-state index in [0.717, 1.165) is 12.2 Å². The number of ether oxygens (including phenoxy) is 1. The molecule has 2 aromatic rings. The fourth-order valence-electron chi connectivity index (χ4n) is 1.84. The molecule has 0 bridgehead atoms. The molecule has 0 amide bonds. The van der Waals surface area contributed by atoms with E-state index in [4.69, 9.17) is 25.2 Å². The third-order valence-corrected chi connectivity index (χ3v) is 3.13. The van der Waals surface area contributed by atoms with E-state index in [2.05, 4.69) is 0 Å². The average Bonchev–Trinajstić information content (AvgIpc) is 2.64. The molecule has 2 rings (SSSR count). The molecule has 0 aliphatic heterocycles. The minimum Gasteiger partial charge on any atom is -0.504 e. The molecule has 0 atom stereocenters. The molecule has 148 valence electrons. The average molecular weight is 390 g/mol. The van der Waals surface area contributed by atoms with E-state index in [-0.39, 0.29) is 28.7 Å². The van der Waals surface area contributed by atoms with E-state index in [1.807, 2.05) is 0 Å². The van der Waals surface area contributed by atoms with Crippen LogP contribution in [0, 0.1) is 0 Å². The van der Waals surface area contributed by atoms with Gasteiger partial charge in [0.2, 0.25) is 5.75 Å². The zero-order valence-corrected chi connectivity index (χ0v) is 14.6. The topological polar surface area (TPSA) is 165 Å². The fourth-order valence-corrected chi connectivity index (χ4v) is 1.84. The molecule has 9 heteroatoms. The second-order valence-electron chi connectivity index (χ2n) is 5.18. The van der Waals surface area contributed by atoms with Gasteiger partial charge in [0.05, 0.1) is 7.11 Å². The summed E-state index contributed by atoms with van der Waals surface area (Å²) in [7, 11) is 1.33. The third-order valence-electron chi connectivity index (χ3n) is 3.13. The van der Waals surface area contributed by atoms with Gasteiger partial charge in [0.1, 0.15) is 0 Å². The standard InChI is InChI=1S/C10H10O5.C9H8O4/c1-15-8-5-6(2-3-9(12)13)4-7(11)10(8)14;10-7-3-1-6(5-8(7)11)2-4-9(12)13/h2-5,11,14H,1H3,(H,12,13);1-5,10-11H,(H,12,13). The summed E-state index contributed by atoms with van der Waals surface area (Å²) in [4.78, 5) is 20.4. The zero-order valence-electron chi connectivity index (χ0n) is 14.6. The molecule has 0 aliphatic carbocycles. The van der Waals surface area contributed by atoms with Crippen molar-refractivity contribution in [2.24, 2.45) is 0 Å². The Balaban J connectivity index is 0.000000283. The number of methoxy groups -OCH3 is 1. The molecule has 0 fully saturated rings. The molecular weight excluding hydrogens is 372 g/mol. The molecule has 0 saturated carbocycles. The number of carboxylic acid groups (broad SMARTS) is 2. The van der Waals surface area contributed by atoms with Gasteiger partial charge in [-0.1, -0.05) is 6.07 Å². The Labute approximate surface area is 159 Å². The lowest BCUT2D eigenvalue weighted by Crippen LogP contribution is -1.88. The molecule has 0 aliphatic rings. The van der Waals surface area contributed by atoms with Gasteiger partial charge < -0.3 is 35.4 Å². The molecule has 9 nitrogen and oxygen atoms in total. The highest BCUT2D eigenvalue weighted by Gasteiger charge is 2.08. The minimum absolute atomic E-state index is 0.0834. The third kappa shape index (κ3) is 7.00. The summed E-state index contributed by atoms with van der Waals surface area (Å²) in [6.45, 7) is 0. The van der Waals surface area contributed by atoms with Crippen molar-refractivity contribution in [2.45, 2.75) is 0 Å². The van der Waals surface area contributed by atoms with Crippen LogP contribution in [0.15, 0.2) is 42.5 Å². The Morgan fingerprint density at radius 3 is 1.82 bits per heavy atom. The van der Waals surface area contributed by atoms with Gasteiger partial charge in [-0.25, -0.2) is 9.59 Å². The van der Waals surface area contributed by atoms with Crippen LogP contribution in [0.3, 0.4) is 0 Å². The van der Waals surface area contributed by atoms with Gasteiger partial charge >= 0.3 is 11.9 Å². The molecule has 0 unspecified atom stereocenters. The van der Waals surface area contributed by atoms with Gasteiger partial charge in [-0.05, 0) is 47.5 Å². The van der Waals surface area contributed by atoms with Crippen LogP contribution >= 0.6 is 0 Å². The summed E-state index contributed by atoms with van der Waals surface area (Å²) in [6, 6.07) is 6.70. The molecule has 2 aromatic carbocycles. The van der Waals surface area contributed by atoms with Gasteiger partial charge in [0.15, 0.2) is 23.0 Å². The summed E-state index contributed by atoms with van der Waals surface area (Å²) in [5, 5.41) is 53.2. The fraction of sp³-hybridized carbons (Fsp3) is 0.0526. The quantitative estimate of drug-likeness (QED) is 0.332. The first-order valence-electron chi connectivity index (χ1n) is 7.58. The number of carboxylic acids is 2. The normalized spacial score (nSPS) is 10.5. The van der Waals surface area contributed by atoms with E-state index >= 15 is 0 Å². The van der Waals surface area contributed by atoms with Crippen molar-refractivity contribution in [3.05, 3.63) is 53.6 Å². The van der Waals surface area contributed by atoms with Crippen LogP contribution in [0.5, 0.6) is 28.7 Å². The highest BCUT2D eigenvalue weighted by Crippen LogP contribution is 2.36. The van der Waals surface area contributed by atoms with Crippen molar-refractivity contribution < 1.29 is 45.0 Å². The van der Waals surface area contributed by atoms with Crippen molar-refractivity contribution >= 4 is 24.1 Å². The van der Waals surface area contributed by atoms with Gasteiger partial charge in [0.25, 0.3) is 0 Å². The smallest absolute Gasteiger partial charge is 0.328 e. The van der Waals surface area contributed by atoms with Crippen molar-refractivity contribution in [3.63, 3.8) is 0 Å². The summed E-state index contributed by atoms with van der Waals surface area (Å²) < 4.78 is 4.78. The van der Waals surface area contributed by atoms with Crippen LogP contribution in [-0.4, -0.2) is 49.7 Å². The molecule has 0 heterocycles. The summed E-state index contributed by atoms with van der Waals surface area (Å²) in [5.74, 6) is -3.31. The molecular formula is C19H18O9. The number of hydrogen-bond donors (Lipinski definition) is 6.